The van der Waals surface area contributed by atoms with Gasteiger partial charge in [-0.3, -0.25) is 9.48 Å². The Balaban J connectivity index is 2.70. The fourth-order valence-corrected chi connectivity index (χ4v) is 2.52. The number of aromatic amines is 1. The first-order valence-electron chi connectivity index (χ1n) is 4.91. The van der Waals surface area contributed by atoms with E-state index in [2.05, 4.69) is 26.0 Å². The zero-order valence-corrected chi connectivity index (χ0v) is 11.1. The van der Waals surface area contributed by atoms with Crippen LogP contribution < -0.4 is 5.56 Å². The van der Waals surface area contributed by atoms with E-state index in [1.165, 1.54) is 0 Å². The number of hydrogen-bond acceptors (Lipinski definition) is 2. The highest BCUT2D eigenvalue weighted by atomic mass is 79.9. The average Bonchev–Trinajstić information content (AvgIpc) is 2.68. The number of aromatic nitrogens is 3. The van der Waals surface area contributed by atoms with Crippen molar-refractivity contribution in [3.05, 3.63) is 38.2 Å². The molecule has 6 heteroatoms. The average molecular weight is 313 g/mol. The van der Waals surface area contributed by atoms with Crippen LogP contribution in [0, 0.1) is 0 Å². The molecular weight excluding hydrogens is 305 g/mol. The van der Waals surface area contributed by atoms with Crippen molar-refractivity contribution in [2.45, 2.75) is 0 Å². The molecule has 0 unspecified atom stereocenters. The number of H-pyrrole nitrogens is 1. The van der Waals surface area contributed by atoms with E-state index >= 15 is 0 Å². The summed E-state index contributed by atoms with van der Waals surface area (Å²) in [4.78, 5) is 14.7. The number of halogens is 2. The normalized spacial score (nSPS) is 11.5. The molecule has 0 atom stereocenters. The Morgan fingerprint density at radius 1 is 1.41 bits per heavy atom. The van der Waals surface area contributed by atoms with Crippen molar-refractivity contribution in [2.24, 2.45) is 7.05 Å². The number of fused-ring (bicyclic) bond motifs is 3. The summed E-state index contributed by atoms with van der Waals surface area (Å²) in [6.45, 7) is 0. The summed E-state index contributed by atoms with van der Waals surface area (Å²) < 4.78 is 2.43. The predicted octanol–water partition coefficient (Wildman–Crippen LogP) is 2.83. The van der Waals surface area contributed by atoms with Gasteiger partial charge in [0.1, 0.15) is 0 Å². The lowest BCUT2D eigenvalue weighted by atomic mass is 10.1. The van der Waals surface area contributed by atoms with E-state index in [0.29, 0.717) is 15.9 Å². The van der Waals surface area contributed by atoms with Crippen LogP contribution in [0.5, 0.6) is 0 Å². The van der Waals surface area contributed by atoms with Crippen molar-refractivity contribution >= 4 is 49.3 Å². The van der Waals surface area contributed by atoms with Gasteiger partial charge in [-0.05, 0) is 28.1 Å². The van der Waals surface area contributed by atoms with Gasteiger partial charge in [0.05, 0.1) is 27.6 Å². The standard InChI is InChI=1S/C11H7BrClN3O/c1-16-10-5-2-3-7(12)8(13)9(5)15-11(17)6(10)4-14-16/h2-4H,1H3,(H,15,17). The molecule has 0 radical (unpaired) electrons. The van der Waals surface area contributed by atoms with Gasteiger partial charge in [-0.15, -0.1) is 0 Å². The molecule has 0 saturated heterocycles. The Bertz CT molecular complexity index is 806. The highest BCUT2D eigenvalue weighted by Crippen LogP contribution is 2.31. The van der Waals surface area contributed by atoms with E-state index in [1.54, 1.807) is 17.9 Å². The van der Waals surface area contributed by atoms with Crippen molar-refractivity contribution in [3.8, 4) is 0 Å². The maximum atomic E-state index is 11.9. The van der Waals surface area contributed by atoms with E-state index < -0.39 is 0 Å². The third kappa shape index (κ3) is 1.42. The second-order valence-electron chi connectivity index (χ2n) is 3.77. The summed E-state index contributed by atoms with van der Waals surface area (Å²) in [6.07, 6.45) is 1.56. The van der Waals surface area contributed by atoms with Crippen molar-refractivity contribution in [2.75, 3.05) is 0 Å². The molecule has 0 aliphatic rings. The molecule has 4 nitrogen and oxygen atoms in total. The van der Waals surface area contributed by atoms with Crippen LogP contribution in [0.4, 0.5) is 0 Å². The Morgan fingerprint density at radius 3 is 2.94 bits per heavy atom. The van der Waals surface area contributed by atoms with Crippen LogP contribution in [0.1, 0.15) is 0 Å². The Hall–Kier alpha value is -1.33. The van der Waals surface area contributed by atoms with Gasteiger partial charge in [0.25, 0.3) is 5.56 Å². The molecule has 0 saturated carbocycles. The fraction of sp³-hybridized carbons (Fsp3) is 0.0909. The molecule has 3 rings (SSSR count). The van der Waals surface area contributed by atoms with Crippen molar-refractivity contribution in [3.63, 3.8) is 0 Å². The van der Waals surface area contributed by atoms with E-state index in [4.69, 9.17) is 11.6 Å². The first kappa shape index (κ1) is 10.8. The van der Waals surface area contributed by atoms with Gasteiger partial charge in [0.2, 0.25) is 0 Å². The lowest BCUT2D eigenvalue weighted by Gasteiger charge is -2.05. The van der Waals surface area contributed by atoms with Crippen LogP contribution >= 0.6 is 27.5 Å². The monoisotopic (exact) mass is 311 g/mol. The molecule has 86 valence electrons. The van der Waals surface area contributed by atoms with Crippen LogP contribution in [0.2, 0.25) is 5.02 Å². The van der Waals surface area contributed by atoms with Crippen molar-refractivity contribution in [1.29, 1.82) is 0 Å². The Labute approximate surface area is 109 Å². The van der Waals surface area contributed by atoms with Crippen LogP contribution in [-0.4, -0.2) is 14.8 Å². The molecular formula is C11H7BrClN3O. The van der Waals surface area contributed by atoms with Crippen LogP contribution in [0.15, 0.2) is 27.6 Å². The van der Waals surface area contributed by atoms with Gasteiger partial charge in [0.15, 0.2) is 0 Å². The van der Waals surface area contributed by atoms with Crippen LogP contribution in [0.3, 0.4) is 0 Å². The van der Waals surface area contributed by atoms with Crippen molar-refractivity contribution < 1.29 is 0 Å². The first-order valence-corrected chi connectivity index (χ1v) is 6.08. The number of hydrogen-bond donors (Lipinski definition) is 1. The second-order valence-corrected chi connectivity index (χ2v) is 5.00. The smallest absolute Gasteiger partial charge is 0.259 e. The summed E-state index contributed by atoms with van der Waals surface area (Å²) in [7, 11) is 1.80. The molecule has 1 aromatic carbocycles. The molecule has 2 heterocycles. The number of rotatable bonds is 0. The molecule has 0 spiro atoms. The Kier molecular flexibility index (Phi) is 2.27. The summed E-state index contributed by atoms with van der Waals surface area (Å²) in [5.41, 5.74) is 1.24. The summed E-state index contributed by atoms with van der Waals surface area (Å²) >= 11 is 9.51. The number of nitrogens with one attached hydrogen (secondary N) is 1. The summed E-state index contributed by atoms with van der Waals surface area (Å²) in [6, 6.07) is 3.76. The zero-order valence-electron chi connectivity index (χ0n) is 8.79. The highest BCUT2D eigenvalue weighted by Gasteiger charge is 2.12. The third-order valence-corrected chi connectivity index (χ3v) is 4.05. The van der Waals surface area contributed by atoms with E-state index in [9.17, 15) is 4.79 Å². The van der Waals surface area contributed by atoms with E-state index in [0.717, 1.165) is 15.4 Å². The molecule has 2 aromatic heterocycles. The number of nitrogens with zero attached hydrogens (tertiary/aromatic N) is 2. The third-order valence-electron chi connectivity index (χ3n) is 2.77. The maximum Gasteiger partial charge on any atom is 0.259 e. The van der Waals surface area contributed by atoms with Gasteiger partial charge < -0.3 is 4.98 Å². The van der Waals surface area contributed by atoms with E-state index in [-0.39, 0.29) is 5.56 Å². The zero-order chi connectivity index (χ0) is 12.2. The molecule has 1 N–H and O–H groups in total. The number of benzene rings is 1. The molecule has 0 amide bonds. The van der Waals surface area contributed by atoms with Crippen molar-refractivity contribution in [1.82, 2.24) is 14.8 Å². The Morgan fingerprint density at radius 2 is 2.18 bits per heavy atom. The summed E-state index contributed by atoms with van der Waals surface area (Å²) in [5.74, 6) is 0. The van der Waals surface area contributed by atoms with Gasteiger partial charge in [-0.1, -0.05) is 11.6 Å². The van der Waals surface area contributed by atoms with Crippen LogP contribution in [-0.2, 0) is 7.05 Å². The van der Waals surface area contributed by atoms with E-state index in [1.807, 2.05) is 12.1 Å². The lowest BCUT2D eigenvalue weighted by molar-refractivity contribution is 0.799. The first-order chi connectivity index (χ1) is 8.09. The molecule has 0 bridgehead atoms. The fourth-order valence-electron chi connectivity index (χ4n) is 1.97. The number of pyridine rings is 1. The minimum atomic E-state index is -0.180. The SMILES string of the molecule is Cn1ncc2c(=O)[nH]c3c(Cl)c(Br)ccc3c21. The summed E-state index contributed by atoms with van der Waals surface area (Å²) in [5, 5.41) is 6.05. The molecule has 3 aromatic rings. The quantitative estimate of drug-likeness (QED) is 0.694. The van der Waals surface area contributed by atoms with Gasteiger partial charge >= 0.3 is 0 Å². The number of aryl methyl sites for hydroxylation is 1. The largest absolute Gasteiger partial charge is 0.320 e. The molecule has 17 heavy (non-hydrogen) atoms. The molecule has 0 aliphatic carbocycles. The maximum absolute atomic E-state index is 11.9. The lowest BCUT2D eigenvalue weighted by Crippen LogP contribution is -2.06. The topological polar surface area (TPSA) is 50.7 Å². The van der Waals surface area contributed by atoms with Gasteiger partial charge in [0, 0.05) is 16.9 Å². The van der Waals surface area contributed by atoms with Gasteiger partial charge in [-0.25, -0.2) is 0 Å². The second kappa shape index (κ2) is 3.58. The van der Waals surface area contributed by atoms with Gasteiger partial charge in [-0.2, -0.15) is 5.10 Å². The minimum absolute atomic E-state index is 0.180. The molecule has 0 fully saturated rings. The molecule has 0 aliphatic heterocycles. The minimum Gasteiger partial charge on any atom is -0.320 e. The van der Waals surface area contributed by atoms with Crippen LogP contribution in [0.25, 0.3) is 21.8 Å². The predicted molar refractivity (Wildman–Crippen MR) is 71.6 cm³/mol. The highest BCUT2D eigenvalue weighted by molar-refractivity contribution is 9.10.